The zero-order valence-corrected chi connectivity index (χ0v) is 11.9. The number of hydrogen-bond donors (Lipinski definition) is 2. The van der Waals surface area contributed by atoms with Crippen LogP contribution in [0.5, 0.6) is 0 Å². The predicted molar refractivity (Wildman–Crippen MR) is 78.2 cm³/mol. The lowest BCUT2D eigenvalue weighted by Crippen LogP contribution is -2.22. The second kappa shape index (κ2) is 4.52. The van der Waals surface area contributed by atoms with E-state index in [1.165, 1.54) is 0 Å². The minimum Gasteiger partial charge on any atom is -0.354 e. The standard InChI is InChI=1S/C13H16N4OS/c1-3-14-13-15-7(2)9-6-10(19)12(18)17(8-4-5-8)11(9)16-13/h6,8,19H,3-5H2,1-2H3,(H,14,15,16). The lowest BCUT2D eigenvalue weighted by Gasteiger charge is -2.12. The van der Waals surface area contributed by atoms with Crippen molar-refractivity contribution in [2.45, 2.75) is 37.6 Å². The molecule has 1 saturated carbocycles. The summed E-state index contributed by atoms with van der Waals surface area (Å²) in [7, 11) is 0. The van der Waals surface area contributed by atoms with E-state index in [-0.39, 0.29) is 11.6 Å². The zero-order valence-electron chi connectivity index (χ0n) is 11.0. The van der Waals surface area contributed by atoms with Crippen molar-refractivity contribution in [3.8, 4) is 0 Å². The van der Waals surface area contributed by atoms with Crippen LogP contribution in [0, 0.1) is 6.92 Å². The number of aryl methyl sites for hydroxylation is 1. The Morgan fingerprint density at radius 1 is 1.47 bits per heavy atom. The van der Waals surface area contributed by atoms with Crippen molar-refractivity contribution in [1.82, 2.24) is 14.5 Å². The van der Waals surface area contributed by atoms with Gasteiger partial charge in [0.25, 0.3) is 5.56 Å². The summed E-state index contributed by atoms with van der Waals surface area (Å²) >= 11 is 4.28. The normalized spacial score (nSPS) is 14.9. The Balaban J connectivity index is 2.35. The molecule has 1 fully saturated rings. The Morgan fingerprint density at radius 3 is 2.84 bits per heavy atom. The van der Waals surface area contributed by atoms with Crippen molar-refractivity contribution < 1.29 is 0 Å². The second-order valence-corrected chi connectivity index (χ2v) is 5.32. The first kappa shape index (κ1) is 12.5. The average Bonchev–Trinajstić information content (AvgIpc) is 3.17. The molecule has 1 aliphatic rings. The lowest BCUT2D eigenvalue weighted by atomic mass is 10.2. The number of rotatable bonds is 3. The molecule has 0 aliphatic heterocycles. The van der Waals surface area contributed by atoms with Crippen molar-refractivity contribution >= 4 is 29.6 Å². The summed E-state index contributed by atoms with van der Waals surface area (Å²) in [5.74, 6) is 0.577. The summed E-state index contributed by atoms with van der Waals surface area (Å²) in [4.78, 5) is 21.6. The highest BCUT2D eigenvalue weighted by Gasteiger charge is 2.28. The summed E-state index contributed by atoms with van der Waals surface area (Å²) in [5.41, 5.74) is 1.53. The number of hydrogen-bond acceptors (Lipinski definition) is 5. The molecular weight excluding hydrogens is 260 g/mol. The van der Waals surface area contributed by atoms with Crippen LogP contribution in [0.2, 0.25) is 0 Å². The molecule has 3 rings (SSSR count). The van der Waals surface area contributed by atoms with Crippen molar-refractivity contribution in [2.24, 2.45) is 0 Å². The number of aromatic nitrogens is 3. The van der Waals surface area contributed by atoms with Crippen LogP contribution < -0.4 is 10.9 Å². The third-order valence-electron chi connectivity index (χ3n) is 3.31. The maximum Gasteiger partial charge on any atom is 0.265 e. The van der Waals surface area contributed by atoms with E-state index in [2.05, 4.69) is 27.9 Å². The monoisotopic (exact) mass is 276 g/mol. The fraction of sp³-hybridized carbons (Fsp3) is 0.462. The predicted octanol–water partition coefficient (Wildman–Crippen LogP) is 2.16. The summed E-state index contributed by atoms with van der Waals surface area (Å²) in [6.07, 6.45) is 2.07. The van der Waals surface area contributed by atoms with Crippen LogP contribution in [0.1, 0.15) is 31.5 Å². The molecule has 0 aromatic carbocycles. The molecule has 2 heterocycles. The molecule has 0 atom stereocenters. The first-order valence-corrected chi connectivity index (χ1v) is 6.93. The lowest BCUT2D eigenvalue weighted by molar-refractivity contribution is 0.714. The first-order valence-electron chi connectivity index (χ1n) is 6.48. The Hall–Kier alpha value is -1.56. The molecule has 0 amide bonds. The van der Waals surface area contributed by atoms with Crippen molar-refractivity contribution in [2.75, 3.05) is 11.9 Å². The minimum atomic E-state index is -0.0566. The summed E-state index contributed by atoms with van der Waals surface area (Å²) in [6.45, 7) is 4.68. The zero-order chi connectivity index (χ0) is 13.6. The maximum atomic E-state index is 12.3. The third-order valence-corrected chi connectivity index (χ3v) is 3.63. The first-order chi connectivity index (χ1) is 9.11. The van der Waals surface area contributed by atoms with Gasteiger partial charge in [-0.1, -0.05) is 0 Å². The van der Waals surface area contributed by atoms with Gasteiger partial charge in [0, 0.05) is 18.0 Å². The van der Waals surface area contributed by atoms with Crippen LogP contribution in [0.25, 0.3) is 11.0 Å². The fourth-order valence-corrected chi connectivity index (χ4v) is 2.48. The molecule has 0 radical (unpaired) electrons. The quantitative estimate of drug-likeness (QED) is 0.843. The van der Waals surface area contributed by atoms with Crippen molar-refractivity contribution in [3.63, 3.8) is 0 Å². The molecule has 2 aromatic rings. The van der Waals surface area contributed by atoms with E-state index in [1.807, 2.05) is 13.8 Å². The Kier molecular flexibility index (Phi) is 2.97. The molecule has 100 valence electrons. The van der Waals surface area contributed by atoms with E-state index in [0.29, 0.717) is 16.5 Å². The number of pyridine rings is 1. The van der Waals surface area contributed by atoms with E-state index in [9.17, 15) is 4.79 Å². The third kappa shape index (κ3) is 2.10. The van der Waals surface area contributed by atoms with Crippen LogP contribution in [0.15, 0.2) is 15.8 Å². The van der Waals surface area contributed by atoms with Gasteiger partial charge in [0.05, 0.1) is 10.6 Å². The van der Waals surface area contributed by atoms with Gasteiger partial charge >= 0.3 is 0 Å². The van der Waals surface area contributed by atoms with E-state index < -0.39 is 0 Å². The highest BCUT2D eigenvalue weighted by Crippen LogP contribution is 2.36. The van der Waals surface area contributed by atoms with Crippen molar-refractivity contribution in [1.29, 1.82) is 0 Å². The number of nitrogens with zero attached hydrogens (tertiary/aromatic N) is 3. The summed E-state index contributed by atoms with van der Waals surface area (Å²) in [6, 6.07) is 2.04. The second-order valence-electron chi connectivity index (χ2n) is 4.84. The molecule has 0 saturated heterocycles. The topological polar surface area (TPSA) is 59.8 Å². The van der Waals surface area contributed by atoms with E-state index >= 15 is 0 Å². The molecule has 6 heteroatoms. The van der Waals surface area contributed by atoms with Crippen LogP contribution in [0.3, 0.4) is 0 Å². The molecule has 2 aromatic heterocycles. The summed E-state index contributed by atoms with van der Waals surface area (Å²) in [5, 5.41) is 4.01. The molecule has 1 aliphatic carbocycles. The highest BCUT2D eigenvalue weighted by atomic mass is 32.1. The van der Waals surface area contributed by atoms with Gasteiger partial charge in [-0.3, -0.25) is 9.36 Å². The van der Waals surface area contributed by atoms with Crippen LogP contribution >= 0.6 is 12.6 Å². The smallest absolute Gasteiger partial charge is 0.265 e. The molecule has 0 bridgehead atoms. The Labute approximate surface area is 116 Å². The number of anilines is 1. The average molecular weight is 276 g/mol. The number of nitrogens with one attached hydrogen (secondary N) is 1. The van der Waals surface area contributed by atoms with Gasteiger partial charge in [-0.15, -0.1) is 12.6 Å². The van der Waals surface area contributed by atoms with E-state index in [1.54, 1.807) is 10.6 Å². The van der Waals surface area contributed by atoms with Gasteiger partial charge in [0.15, 0.2) is 0 Å². The largest absolute Gasteiger partial charge is 0.354 e. The Bertz CT molecular complexity index is 706. The molecular formula is C13H16N4OS. The van der Waals surface area contributed by atoms with Gasteiger partial charge in [0.1, 0.15) is 5.65 Å². The molecule has 0 spiro atoms. The summed E-state index contributed by atoms with van der Waals surface area (Å²) < 4.78 is 1.77. The molecule has 1 N–H and O–H groups in total. The maximum absolute atomic E-state index is 12.3. The Morgan fingerprint density at radius 2 is 2.21 bits per heavy atom. The van der Waals surface area contributed by atoms with Gasteiger partial charge in [-0.2, -0.15) is 4.98 Å². The van der Waals surface area contributed by atoms with Gasteiger partial charge in [-0.25, -0.2) is 4.98 Å². The SMILES string of the molecule is CCNc1nc(C)c2cc(S)c(=O)n(C3CC3)c2n1. The molecule has 0 unspecified atom stereocenters. The molecule has 5 nitrogen and oxygen atoms in total. The number of thiol groups is 1. The minimum absolute atomic E-state index is 0.0566. The van der Waals surface area contributed by atoms with Gasteiger partial charge < -0.3 is 5.32 Å². The van der Waals surface area contributed by atoms with Crippen LogP contribution in [0.4, 0.5) is 5.95 Å². The van der Waals surface area contributed by atoms with E-state index in [4.69, 9.17) is 0 Å². The van der Waals surface area contributed by atoms with E-state index in [0.717, 1.165) is 30.5 Å². The highest BCUT2D eigenvalue weighted by molar-refractivity contribution is 7.80. The van der Waals surface area contributed by atoms with Crippen LogP contribution in [-0.4, -0.2) is 21.1 Å². The van der Waals surface area contributed by atoms with Crippen LogP contribution in [-0.2, 0) is 0 Å². The molecule has 19 heavy (non-hydrogen) atoms. The number of fused-ring (bicyclic) bond motifs is 1. The van der Waals surface area contributed by atoms with Crippen molar-refractivity contribution in [3.05, 3.63) is 22.1 Å². The fourth-order valence-electron chi connectivity index (χ4n) is 2.25. The van der Waals surface area contributed by atoms with Gasteiger partial charge in [-0.05, 0) is 32.8 Å². The van der Waals surface area contributed by atoms with Gasteiger partial charge in [0.2, 0.25) is 5.95 Å².